The molecule has 0 saturated heterocycles. The molecule has 314 valence electrons. The van der Waals surface area contributed by atoms with Gasteiger partial charge in [-0.15, -0.1) is 0 Å². The number of allylic oxidation sites excluding steroid dienone is 8. The first-order valence-electron chi connectivity index (χ1n) is 22.9. The minimum Gasteiger partial charge on any atom is -0.462 e. The van der Waals surface area contributed by atoms with Crippen LogP contribution in [0.2, 0.25) is 0 Å². The van der Waals surface area contributed by atoms with Crippen molar-refractivity contribution in [1.29, 1.82) is 0 Å². The van der Waals surface area contributed by atoms with Crippen LogP contribution < -0.4 is 5.32 Å². The smallest absolute Gasteiger partial charge is 0.306 e. The van der Waals surface area contributed by atoms with Gasteiger partial charge in [-0.1, -0.05) is 217 Å². The number of rotatable bonds is 40. The second-order valence-corrected chi connectivity index (χ2v) is 15.5. The molecule has 6 heteroatoms. The summed E-state index contributed by atoms with van der Waals surface area (Å²) in [6.07, 6.45) is 48.9. The Morgan fingerprint density at radius 3 is 1.48 bits per heavy atom. The first-order chi connectivity index (χ1) is 26.5. The van der Waals surface area contributed by atoms with Gasteiger partial charge in [0.1, 0.15) is 6.10 Å². The van der Waals surface area contributed by atoms with E-state index in [1.165, 1.54) is 116 Å². The number of aliphatic hydroxyl groups excluding tert-OH is 2. The van der Waals surface area contributed by atoms with Crippen molar-refractivity contribution in [2.75, 3.05) is 6.61 Å². The fourth-order valence-electron chi connectivity index (χ4n) is 6.80. The van der Waals surface area contributed by atoms with Gasteiger partial charge in [0, 0.05) is 6.42 Å². The number of hydrogen-bond acceptors (Lipinski definition) is 5. The third-order valence-corrected chi connectivity index (χ3v) is 10.3. The van der Waals surface area contributed by atoms with Gasteiger partial charge in [-0.05, 0) is 38.5 Å². The van der Waals surface area contributed by atoms with Crippen LogP contribution in [0.4, 0.5) is 0 Å². The van der Waals surface area contributed by atoms with Crippen LogP contribution in [0.5, 0.6) is 0 Å². The summed E-state index contributed by atoms with van der Waals surface area (Å²) in [5.41, 5.74) is 0. The minimum atomic E-state index is -0.801. The van der Waals surface area contributed by atoms with Crippen molar-refractivity contribution in [3.8, 4) is 0 Å². The topological polar surface area (TPSA) is 95.9 Å². The molecule has 0 aromatic rings. The third-order valence-electron chi connectivity index (χ3n) is 10.3. The van der Waals surface area contributed by atoms with E-state index in [-0.39, 0.29) is 24.9 Å². The van der Waals surface area contributed by atoms with Crippen molar-refractivity contribution in [2.24, 2.45) is 0 Å². The average molecular weight is 758 g/mol. The normalized spacial score (nSPS) is 13.8. The van der Waals surface area contributed by atoms with Crippen LogP contribution in [0.15, 0.2) is 48.6 Å². The van der Waals surface area contributed by atoms with Crippen LogP contribution in [-0.2, 0) is 14.3 Å². The van der Waals surface area contributed by atoms with Gasteiger partial charge in [-0.25, -0.2) is 0 Å². The number of carbonyl (C=O) groups is 2. The van der Waals surface area contributed by atoms with Gasteiger partial charge >= 0.3 is 5.97 Å². The fourth-order valence-corrected chi connectivity index (χ4v) is 6.80. The summed E-state index contributed by atoms with van der Waals surface area (Å²) < 4.78 is 5.86. The second-order valence-electron chi connectivity index (χ2n) is 15.5. The summed E-state index contributed by atoms with van der Waals surface area (Å²) in [6, 6.07) is -0.719. The second kappa shape index (κ2) is 42.0. The Hall–Kier alpha value is -2.18. The van der Waals surface area contributed by atoms with E-state index in [1.54, 1.807) is 0 Å². The summed E-state index contributed by atoms with van der Waals surface area (Å²) >= 11 is 0. The Kier molecular flexibility index (Phi) is 40.3. The van der Waals surface area contributed by atoms with E-state index in [9.17, 15) is 19.8 Å². The van der Waals surface area contributed by atoms with Crippen LogP contribution in [0.25, 0.3) is 0 Å². The van der Waals surface area contributed by atoms with Gasteiger partial charge in [-0.3, -0.25) is 9.59 Å². The van der Waals surface area contributed by atoms with Gasteiger partial charge in [0.2, 0.25) is 5.91 Å². The summed E-state index contributed by atoms with van der Waals surface area (Å²) in [7, 11) is 0. The van der Waals surface area contributed by atoms with E-state index in [4.69, 9.17) is 4.74 Å². The summed E-state index contributed by atoms with van der Waals surface area (Å²) in [4.78, 5) is 25.9. The van der Waals surface area contributed by atoms with Crippen LogP contribution in [0, 0.1) is 0 Å². The van der Waals surface area contributed by atoms with E-state index in [0.717, 1.165) is 57.8 Å². The largest absolute Gasteiger partial charge is 0.462 e. The maximum absolute atomic E-state index is 13.1. The predicted molar refractivity (Wildman–Crippen MR) is 232 cm³/mol. The Labute approximate surface area is 334 Å². The van der Waals surface area contributed by atoms with Crippen LogP contribution in [-0.4, -0.2) is 46.9 Å². The number of carbonyl (C=O) groups excluding carboxylic acids is 2. The van der Waals surface area contributed by atoms with Gasteiger partial charge in [0.25, 0.3) is 0 Å². The molecule has 0 bridgehead atoms. The average Bonchev–Trinajstić information content (AvgIpc) is 3.16. The molecule has 3 unspecified atom stereocenters. The first-order valence-corrected chi connectivity index (χ1v) is 22.9. The highest BCUT2D eigenvalue weighted by molar-refractivity contribution is 5.77. The third kappa shape index (κ3) is 36.8. The van der Waals surface area contributed by atoms with E-state index in [0.29, 0.717) is 19.3 Å². The van der Waals surface area contributed by atoms with E-state index in [1.807, 2.05) is 36.5 Å². The van der Waals surface area contributed by atoms with Crippen molar-refractivity contribution in [3.63, 3.8) is 0 Å². The number of esters is 1. The molecule has 3 N–H and O–H groups in total. The van der Waals surface area contributed by atoms with Crippen LogP contribution >= 0.6 is 0 Å². The molecule has 54 heavy (non-hydrogen) atoms. The summed E-state index contributed by atoms with van der Waals surface area (Å²) in [5, 5.41) is 23.6. The summed E-state index contributed by atoms with van der Waals surface area (Å²) in [6.45, 7) is 6.30. The van der Waals surface area contributed by atoms with Crippen molar-refractivity contribution in [1.82, 2.24) is 5.32 Å². The number of amides is 1. The molecule has 0 spiro atoms. The number of nitrogens with one attached hydrogen (secondary N) is 1. The predicted octanol–water partition coefficient (Wildman–Crippen LogP) is 13.1. The van der Waals surface area contributed by atoms with E-state index in [2.05, 4.69) is 38.2 Å². The lowest BCUT2D eigenvalue weighted by atomic mass is 10.0. The molecule has 0 radical (unpaired) electrons. The fraction of sp³-hybridized carbons (Fsp3) is 0.792. The molecule has 0 aliphatic carbocycles. The number of ether oxygens (including phenoxy) is 1. The SMILES string of the molecule is CC/C=C/C=C/C=C\C=C/CCCC(CC(=O)NC(CO)C(O)CCCCCCCCCCCCCC)OC(=O)CCCCCCCCCCCCCC. The minimum absolute atomic E-state index is 0.0334. The lowest BCUT2D eigenvalue weighted by Crippen LogP contribution is -2.46. The van der Waals surface area contributed by atoms with E-state index < -0.39 is 18.2 Å². The Morgan fingerprint density at radius 2 is 1.00 bits per heavy atom. The van der Waals surface area contributed by atoms with Gasteiger partial charge in [-0.2, -0.15) is 0 Å². The van der Waals surface area contributed by atoms with Crippen molar-refractivity contribution < 1.29 is 24.5 Å². The van der Waals surface area contributed by atoms with Crippen LogP contribution in [0.1, 0.15) is 220 Å². The van der Waals surface area contributed by atoms with Crippen LogP contribution in [0.3, 0.4) is 0 Å². The Bertz CT molecular complexity index is 941. The molecule has 0 heterocycles. The molecule has 0 saturated carbocycles. The van der Waals surface area contributed by atoms with Crippen molar-refractivity contribution in [2.45, 2.75) is 238 Å². The summed E-state index contributed by atoms with van der Waals surface area (Å²) in [5.74, 6) is -0.540. The lowest BCUT2D eigenvalue weighted by molar-refractivity contribution is -0.151. The van der Waals surface area contributed by atoms with Gasteiger partial charge in [0.15, 0.2) is 0 Å². The molecule has 1 amide bonds. The zero-order chi connectivity index (χ0) is 39.6. The number of hydrogen-bond donors (Lipinski definition) is 3. The monoisotopic (exact) mass is 758 g/mol. The van der Waals surface area contributed by atoms with E-state index >= 15 is 0 Å². The van der Waals surface area contributed by atoms with Crippen molar-refractivity contribution in [3.05, 3.63) is 48.6 Å². The van der Waals surface area contributed by atoms with Crippen molar-refractivity contribution >= 4 is 11.9 Å². The molecular weight excluding hydrogens is 671 g/mol. The molecule has 0 aromatic carbocycles. The zero-order valence-corrected chi connectivity index (χ0v) is 35.6. The first kappa shape index (κ1) is 51.8. The highest BCUT2D eigenvalue weighted by Gasteiger charge is 2.24. The van der Waals surface area contributed by atoms with Gasteiger partial charge < -0.3 is 20.3 Å². The molecule has 0 aromatic heterocycles. The lowest BCUT2D eigenvalue weighted by Gasteiger charge is -2.24. The number of unbranched alkanes of at least 4 members (excludes halogenated alkanes) is 23. The molecule has 0 aliphatic heterocycles. The number of aliphatic hydroxyl groups is 2. The van der Waals surface area contributed by atoms with Gasteiger partial charge in [0.05, 0.1) is 25.2 Å². The molecular formula is C48H87NO5. The highest BCUT2D eigenvalue weighted by atomic mass is 16.5. The molecule has 3 atom stereocenters. The standard InChI is InChI=1S/C48H87NO5/c1-4-7-10-13-16-19-22-25-28-31-34-37-40-46(51)45(43-50)49-47(52)42-44(39-36-33-30-27-24-21-18-15-12-9-6-3)54-48(53)41-38-35-32-29-26-23-20-17-14-11-8-5-2/h9,12,15,18,21,24,27,30,44-46,50-51H,4-8,10-11,13-14,16-17,19-20,22-23,25-26,28-29,31-43H2,1-3H3,(H,49,52)/b12-9+,18-15+,24-21-,30-27-. The maximum atomic E-state index is 13.1. The molecule has 0 fully saturated rings. The quantitative estimate of drug-likeness (QED) is 0.0329. The molecule has 0 rings (SSSR count). The maximum Gasteiger partial charge on any atom is 0.306 e. The molecule has 0 aliphatic rings. The zero-order valence-electron chi connectivity index (χ0n) is 35.6. The Balaban J connectivity index is 4.65. The highest BCUT2D eigenvalue weighted by Crippen LogP contribution is 2.17. The Morgan fingerprint density at radius 1 is 0.556 bits per heavy atom. The molecule has 6 nitrogen and oxygen atoms in total.